The number of nitrogens with one attached hydrogen (secondary N) is 2. The lowest BCUT2D eigenvalue weighted by molar-refractivity contribution is 0.0954. The summed E-state index contributed by atoms with van der Waals surface area (Å²) in [4.78, 5) is 13.2. The number of hydrogen-bond donors (Lipinski definition) is 2. The van der Waals surface area contributed by atoms with Crippen molar-refractivity contribution in [3.05, 3.63) is 64.3 Å². The Morgan fingerprint density at radius 2 is 1.89 bits per heavy atom. The molecule has 0 bridgehead atoms. The molecule has 1 saturated carbocycles. The number of carbonyl (C=O) groups excluding carboxylic acids is 1. The molecule has 1 aliphatic carbocycles. The van der Waals surface area contributed by atoms with Crippen molar-refractivity contribution in [2.45, 2.75) is 37.2 Å². The second-order valence-electron chi connectivity index (χ2n) is 6.89. The molecule has 0 atom stereocenters. The number of thiophene rings is 1. The van der Waals surface area contributed by atoms with Gasteiger partial charge in [0.2, 0.25) is 10.0 Å². The zero-order chi connectivity index (χ0) is 19.9. The predicted molar refractivity (Wildman–Crippen MR) is 107 cm³/mol. The molecule has 0 spiro atoms. The van der Waals surface area contributed by atoms with Gasteiger partial charge in [0.05, 0.1) is 9.77 Å². The van der Waals surface area contributed by atoms with E-state index in [9.17, 15) is 17.6 Å². The van der Waals surface area contributed by atoms with Gasteiger partial charge in [0.25, 0.3) is 5.91 Å². The second kappa shape index (κ2) is 7.27. The molecule has 3 aromatic rings. The molecule has 8 heteroatoms. The summed E-state index contributed by atoms with van der Waals surface area (Å²) >= 11 is 1.26. The first-order valence-electron chi connectivity index (χ1n) is 8.92. The molecule has 0 unspecified atom stereocenters. The highest BCUT2D eigenvalue weighted by atomic mass is 32.2. The summed E-state index contributed by atoms with van der Waals surface area (Å²) in [5.41, 5.74) is 1.41. The van der Waals surface area contributed by atoms with E-state index < -0.39 is 10.0 Å². The maximum absolute atomic E-state index is 14.0. The van der Waals surface area contributed by atoms with Crippen molar-refractivity contribution in [3.8, 4) is 0 Å². The van der Waals surface area contributed by atoms with Crippen LogP contribution in [0.25, 0.3) is 10.1 Å². The molecule has 28 heavy (non-hydrogen) atoms. The third-order valence-corrected chi connectivity index (χ3v) is 7.49. The Morgan fingerprint density at radius 3 is 2.54 bits per heavy atom. The summed E-state index contributed by atoms with van der Waals surface area (Å²) in [7, 11) is -3.48. The molecule has 1 aromatic heterocycles. The Hall–Kier alpha value is -2.29. The predicted octanol–water partition coefficient (Wildman–Crippen LogP) is 3.72. The summed E-state index contributed by atoms with van der Waals surface area (Å²) < 4.78 is 41.8. The molecule has 2 N–H and O–H groups in total. The van der Waals surface area contributed by atoms with Gasteiger partial charge in [-0.15, -0.1) is 11.3 Å². The van der Waals surface area contributed by atoms with Gasteiger partial charge in [-0.25, -0.2) is 17.5 Å². The van der Waals surface area contributed by atoms with E-state index in [0.717, 1.165) is 23.1 Å². The van der Waals surface area contributed by atoms with Gasteiger partial charge < -0.3 is 5.32 Å². The molecule has 5 nitrogen and oxygen atoms in total. The summed E-state index contributed by atoms with van der Waals surface area (Å²) in [5.74, 6) is -0.605. The van der Waals surface area contributed by atoms with Gasteiger partial charge in [0.1, 0.15) is 5.82 Å². The molecular formula is C20H19FN2O3S2. The van der Waals surface area contributed by atoms with Crippen LogP contribution in [0.4, 0.5) is 4.39 Å². The number of rotatable bonds is 6. The van der Waals surface area contributed by atoms with Gasteiger partial charge in [0, 0.05) is 22.7 Å². The summed E-state index contributed by atoms with van der Waals surface area (Å²) in [6, 6.07) is 11.3. The number of amides is 1. The normalized spacial score (nSPS) is 14.4. The van der Waals surface area contributed by atoms with Crippen molar-refractivity contribution >= 4 is 37.4 Å². The van der Waals surface area contributed by atoms with Crippen LogP contribution in [0.5, 0.6) is 0 Å². The van der Waals surface area contributed by atoms with Crippen LogP contribution in [0, 0.1) is 12.7 Å². The molecule has 4 rings (SSSR count). The van der Waals surface area contributed by atoms with Gasteiger partial charge in [-0.05, 0) is 55.2 Å². The standard InChI is InChI=1S/C20H19FN2O3S2/c1-12-18-16(21)3-2-4-17(18)27-19(12)20(24)22-11-13-5-9-15(10-6-13)28(25,26)23-14-7-8-14/h2-6,9-10,14,23H,7-8,11H2,1H3,(H,22,24). The number of sulfonamides is 1. The zero-order valence-electron chi connectivity index (χ0n) is 15.2. The highest BCUT2D eigenvalue weighted by molar-refractivity contribution is 7.89. The van der Waals surface area contributed by atoms with E-state index in [1.807, 2.05) is 0 Å². The molecule has 146 valence electrons. The summed E-state index contributed by atoms with van der Waals surface area (Å²) in [6.07, 6.45) is 1.76. The SMILES string of the molecule is Cc1c(C(=O)NCc2ccc(S(=O)(=O)NC3CC3)cc2)sc2cccc(F)c12. The van der Waals surface area contributed by atoms with Gasteiger partial charge in [-0.1, -0.05) is 18.2 Å². The number of fused-ring (bicyclic) bond motifs is 1. The van der Waals surface area contributed by atoms with Crippen LogP contribution < -0.4 is 10.0 Å². The number of carbonyl (C=O) groups is 1. The number of benzene rings is 2. The second-order valence-corrected chi connectivity index (χ2v) is 9.66. The lowest BCUT2D eigenvalue weighted by Crippen LogP contribution is -2.26. The third-order valence-electron chi connectivity index (χ3n) is 4.70. The monoisotopic (exact) mass is 418 g/mol. The fourth-order valence-electron chi connectivity index (χ4n) is 3.01. The van der Waals surface area contributed by atoms with E-state index in [1.54, 1.807) is 31.2 Å². The third kappa shape index (κ3) is 3.80. The molecule has 2 aromatic carbocycles. The molecular weight excluding hydrogens is 399 g/mol. The fourth-order valence-corrected chi connectivity index (χ4v) is 5.45. The van der Waals surface area contributed by atoms with Crippen LogP contribution in [-0.2, 0) is 16.6 Å². The lowest BCUT2D eigenvalue weighted by atomic mass is 10.1. The molecule has 0 aliphatic heterocycles. The topological polar surface area (TPSA) is 75.3 Å². The first-order chi connectivity index (χ1) is 13.3. The van der Waals surface area contributed by atoms with E-state index in [0.29, 0.717) is 15.8 Å². The van der Waals surface area contributed by atoms with Gasteiger partial charge >= 0.3 is 0 Å². The Bertz CT molecular complexity index is 1150. The maximum Gasteiger partial charge on any atom is 0.261 e. The maximum atomic E-state index is 14.0. The van der Waals surface area contributed by atoms with Crippen molar-refractivity contribution in [2.75, 3.05) is 0 Å². The van der Waals surface area contributed by atoms with Crippen LogP contribution in [0.1, 0.15) is 33.6 Å². The van der Waals surface area contributed by atoms with Crippen molar-refractivity contribution < 1.29 is 17.6 Å². The molecule has 0 radical (unpaired) electrons. The van der Waals surface area contributed by atoms with E-state index in [-0.39, 0.29) is 29.2 Å². The minimum absolute atomic E-state index is 0.0540. The van der Waals surface area contributed by atoms with Crippen LogP contribution in [0.15, 0.2) is 47.4 Å². The Morgan fingerprint density at radius 1 is 1.18 bits per heavy atom. The average Bonchev–Trinajstić information content (AvgIpc) is 3.40. The van der Waals surface area contributed by atoms with Crippen molar-refractivity contribution in [3.63, 3.8) is 0 Å². The minimum atomic E-state index is -3.48. The van der Waals surface area contributed by atoms with E-state index >= 15 is 0 Å². The van der Waals surface area contributed by atoms with Crippen molar-refractivity contribution in [1.29, 1.82) is 0 Å². The van der Waals surface area contributed by atoms with Gasteiger partial charge in [0.15, 0.2) is 0 Å². The Balaban J connectivity index is 1.45. The molecule has 0 saturated heterocycles. The molecule has 1 fully saturated rings. The summed E-state index contributed by atoms with van der Waals surface area (Å²) in [5, 5.41) is 3.30. The van der Waals surface area contributed by atoms with E-state index in [1.165, 1.54) is 29.5 Å². The molecule has 1 heterocycles. The number of aryl methyl sites for hydroxylation is 1. The quantitative estimate of drug-likeness (QED) is 0.641. The average molecular weight is 419 g/mol. The highest BCUT2D eigenvalue weighted by Gasteiger charge is 2.27. The Labute approximate surface area is 166 Å². The van der Waals surface area contributed by atoms with Crippen LogP contribution in [0.3, 0.4) is 0 Å². The zero-order valence-corrected chi connectivity index (χ0v) is 16.8. The largest absolute Gasteiger partial charge is 0.347 e. The number of halogens is 1. The van der Waals surface area contributed by atoms with Gasteiger partial charge in [-0.3, -0.25) is 4.79 Å². The first kappa shape index (κ1) is 19.0. The van der Waals surface area contributed by atoms with Crippen molar-refractivity contribution in [1.82, 2.24) is 10.0 Å². The smallest absolute Gasteiger partial charge is 0.261 e. The number of hydrogen-bond acceptors (Lipinski definition) is 4. The van der Waals surface area contributed by atoms with E-state index in [4.69, 9.17) is 0 Å². The first-order valence-corrected chi connectivity index (χ1v) is 11.2. The molecule has 1 amide bonds. The van der Waals surface area contributed by atoms with Crippen LogP contribution >= 0.6 is 11.3 Å². The minimum Gasteiger partial charge on any atom is -0.347 e. The van der Waals surface area contributed by atoms with Crippen LogP contribution in [-0.4, -0.2) is 20.4 Å². The summed E-state index contributed by atoms with van der Waals surface area (Å²) in [6.45, 7) is 1.99. The van der Waals surface area contributed by atoms with Crippen molar-refractivity contribution in [2.24, 2.45) is 0 Å². The van der Waals surface area contributed by atoms with Crippen LogP contribution in [0.2, 0.25) is 0 Å². The molecule has 1 aliphatic rings. The fraction of sp³-hybridized carbons (Fsp3) is 0.250. The highest BCUT2D eigenvalue weighted by Crippen LogP contribution is 2.32. The Kier molecular flexibility index (Phi) is 4.95. The van der Waals surface area contributed by atoms with Gasteiger partial charge in [-0.2, -0.15) is 0 Å². The van der Waals surface area contributed by atoms with E-state index in [2.05, 4.69) is 10.0 Å². The lowest BCUT2D eigenvalue weighted by Gasteiger charge is -2.08.